The van der Waals surface area contributed by atoms with Gasteiger partial charge >= 0.3 is 0 Å². The highest BCUT2D eigenvalue weighted by Gasteiger charge is 2.21. The van der Waals surface area contributed by atoms with E-state index in [1.165, 1.54) is 4.40 Å². The number of halogens is 3. The number of nitrogens with one attached hydrogen (secondary N) is 1. The third-order valence-corrected chi connectivity index (χ3v) is 3.31. The Morgan fingerprint density at radius 1 is 1.33 bits per heavy atom. The van der Waals surface area contributed by atoms with Crippen molar-refractivity contribution in [2.45, 2.75) is 6.54 Å². The fourth-order valence-corrected chi connectivity index (χ4v) is 2.26. The lowest BCUT2D eigenvalue weighted by Crippen LogP contribution is -2.12. The molecule has 2 rings (SSSR count). The van der Waals surface area contributed by atoms with Gasteiger partial charge in [0.05, 0.1) is 5.69 Å². The molecule has 2 heterocycles. The van der Waals surface area contributed by atoms with Gasteiger partial charge in [-0.3, -0.25) is 9.20 Å². The summed E-state index contributed by atoms with van der Waals surface area (Å²) in [6, 6.07) is 0. The predicted molar refractivity (Wildman–Crippen MR) is 69.3 cm³/mol. The van der Waals surface area contributed by atoms with Crippen molar-refractivity contribution in [2.75, 3.05) is 7.05 Å². The molecular formula is C9H8Cl3N5O. The number of fused-ring (bicyclic) bond motifs is 1. The fourth-order valence-electron chi connectivity index (χ4n) is 1.52. The largest absolute Gasteiger partial charge is 0.364 e. The van der Waals surface area contributed by atoms with E-state index in [-0.39, 0.29) is 21.2 Å². The Bertz CT molecular complexity index is 639. The zero-order chi connectivity index (χ0) is 13.4. The topological polar surface area (TPSA) is 85.3 Å². The number of primary amides is 1. The highest BCUT2D eigenvalue weighted by Crippen LogP contribution is 2.28. The van der Waals surface area contributed by atoms with Crippen LogP contribution in [0.5, 0.6) is 0 Å². The molecule has 0 aliphatic heterocycles. The lowest BCUT2D eigenvalue weighted by Gasteiger charge is -2.06. The van der Waals surface area contributed by atoms with Gasteiger partial charge < -0.3 is 11.1 Å². The van der Waals surface area contributed by atoms with Crippen LogP contribution >= 0.6 is 34.8 Å². The van der Waals surface area contributed by atoms with Crippen LogP contribution in [0.4, 0.5) is 0 Å². The zero-order valence-corrected chi connectivity index (χ0v) is 11.4. The van der Waals surface area contributed by atoms with Gasteiger partial charge in [-0.05, 0) is 7.05 Å². The van der Waals surface area contributed by atoms with E-state index >= 15 is 0 Å². The average molecular weight is 309 g/mol. The van der Waals surface area contributed by atoms with E-state index in [1.807, 2.05) is 0 Å². The third kappa shape index (κ3) is 2.01. The highest BCUT2D eigenvalue weighted by molar-refractivity contribution is 6.41. The van der Waals surface area contributed by atoms with Crippen molar-refractivity contribution in [1.82, 2.24) is 19.7 Å². The van der Waals surface area contributed by atoms with E-state index in [2.05, 4.69) is 15.3 Å². The number of amides is 1. The lowest BCUT2D eigenvalue weighted by atomic mass is 10.4. The molecule has 0 saturated heterocycles. The van der Waals surface area contributed by atoms with Crippen molar-refractivity contribution in [3.8, 4) is 0 Å². The Kier molecular flexibility index (Phi) is 3.63. The molecule has 0 radical (unpaired) electrons. The first-order chi connectivity index (χ1) is 8.47. The molecule has 0 spiro atoms. The summed E-state index contributed by atoms with van der Waals surface area (Å²) < 4.78 is 1.34. The van der Waals surface area contributed by atoms with Crippen LogP contribution < -0.4 is 11.1 Å². The van der Waals surface area contributed by atoms with Crippen molar-refractivity contribution in [2.24, 2.45) is 5.73 Å². The fraction of sp³-hybridized carbons (Fsp3) is 0.222. The van der Waals surface area contributed by atoms with Crippen LogP contribution in [0, 0.1) is 0 Å². The Morgan fingerprint density at radius 2 is 2.00 bits per heavy atom. The number of nitrogens with two attached hydrogens (primary N) is 1. The van der Waals surface area contributed by atoms with Gasteiger partial charge in [0.2, 0.25) is 0 Å². The van der Waals surface area contributed by atoms with E-state index in [0.29, 0.717) is 17.9 Å². The van der Waals surface area contributed by atoms with Crippen molar-refractivity contribution in [3.63, 3.8) is 0 Å². The molecule has 0 unspecified atom stereocenters. The Hall–Kier alpha value is -1.08. The average Bonchev–Trinajstić information content (AvgIpc) is 2.64. The number of carbonyl (C=O) groups excluding carboxylic acids is 1. The summed E-state index contributed by atoms with van der Waals surface area (Å²) in [7, 11) is 1.74. The van der Waals surface area contributed by atoms with E-state index in [4.69, 9.17) is 40.5 Å². The number of aromatic nitrogens is 3. The van der Waals surface area contributed by atoms with Crippen molar-refractivity contribution >= 4 is 46.4 Å². The smallest absolute Gasteiger partial charge is 0.270 e. The van der Waals surface area contributed by atoms with Crippen molar-refractivity contribution in [3.05, 3.63) is 26.8 Å². The van der Waals surface area contributed by atoms with Crippen LogP contribution in [-0.4, -0.2) is 27.3 Å². The predicted octanol–water partition coefficient (Wildman–Crippen LogP) is 1.51. The molecule has 0 fully saturated rings. The molecule has 2 aromatic rings. The highest BCUT2D eigenvalue weighted by atomic mass is 35.5. The van der Waals surface area contributed by atoms with Crippen LogP contribution in [0.25, 0.3) is 5.65 Å². The van der Waals surface area contributed by atoms with Gasteiger partial charge in [-0.1, -0.05) is 34.8 Å². The maximum atomic E-state index is 11.2. The van der Waals surface area contributed by atoms with Gasteiger partial charge in [-0.15, -0.1) is 0 Å². The Labute approximate surface area is 117 Å². The van der Waals surface area contributed by atoms with Gasteiger partial charge in [0.15, 0.2) is 21.6 Å². The second-order valence-corrected chi connectivity index (χ2v) is 4.52. The maximum absolute atomic E-state index is 11.2. The van der Waals surface area contributed by atoms with Gasteiger partial charge in [-0.2, -0.15) is 0 Å². The van der Waals surface area contributed by atoms with E-state index < -0.39 is 5.91 Å². The van der Waals surface area contributed by atoms with Crippen LogP contribution in [0.15, 0.2) is 0 Å². The summed E-state index contributed by atoms with van der Waals surface area (Å²) in [5.74, 6) is -0.744. The maximum Gasteiger partial charge on any atom is 0.270 e. The SMILES string of the molecule is CNCc1nc(Cl)c(Cl)n2c(Cl)c(C(N)=O)nc12. The monoisotopic (exact) mass is 307 g/mol. The molecule has 1 amide bonds. The molecule has 0 saturated carbocycles. The molecule has 2 aromatic heterocycles. The Morgan fingerprint density at radius 3 is 2.56 bits per heavy atom. The molecule has 96 valence electrons. The summed E-state index contributed by atoms with van der Waals surface area (Å²) >= 11 is 17.9. The van der Waals surface area contributed by atoms with Crippen LogP contribution in [0.3, 0.4) is 0 Å². The minimum atomic E-state index is -0.744. The molecule has 3 N–H and O–H groups in total. The second kappa shape index (κ2) is 4.89. The van der Waals surface area contributed by atoms with E-state index in [0.717, 1.165) is 0 Å². The quantitative estimate of drug-likeness (QED) is 0.900. The van der Waals surface area contributed by atoms with Crippen LogP contribution in [0.1, 0.15) is 16.2 Å². The van der Waals surface area contributed by atoms with Crippen LogP contribution in [0.2, 0.25) is 15.5 Å². The molecule has 0 atom stereocenters. The summed E-state index contributed by atoms with van der Waals surface area (Å²) in [4.78, 5) is 19.3. The van der Waals surface area contributed by atoms with Crippen LogP contribution in [-0.2, 0) is 6.54 Å². The molecule has 0 aromatic carbocycles. The number of hydrogen-bond acceptors (Lipinski definition) is 4. The summed E-state index contributed by atoms with van der Waals surface area (Å²) in [5, 5.41) is 3.08. The van der Waals surface area contributed by atoms with E-state index in [1.54, 1.807) is 7.05 Å². The van der Waals surface area contributed by atoms with Gasteiger partial charge in [-0.25, -0.2) is 9.97 Å². The first kappa shape index (κ1) is 13.4. The standard InChI is InChI=1S/C9H8Cl3N5O/c1-14-2-3-9-16-4(8(13)18)6(11)17(9)7(12)5(10)15-3/h14H,2H2,1H3,(H2,13,18). The number of nitrogens with zero attached hydrogens (tertiary/aromatic N) is 3. The number of hydrogen-bond donors (Lipinski definition) is 2. The summed E-state index contributed by atoms with van der Waals surface area (Å²) in [6.07, 6.45) is 0. The van der Waals surface area contributed by atoms with Gasteiger partial charge in [0.1, 0.15) is 5.15 Å². The molecule has 18 heavy (non-hydrogen) atoms. The van der Waals surface area contributed by atoms with Crippen molar-refractivity contribution in [1.29, 1.82) is 0 Å². The number of rotatable bonds is 3. The lowest BCUT2D eigenvalue weighted by molar-refractivity contribution is 0.0996. The third-order valence-electron chi connectivity index (χ3n) is 2.26. The molecule has 9 heteroatoms. The summed E-state index contributed by atoms with van der Waals surface area (Å²) in [5.41, 5.74) is 5.97. The number of imidazole rings is 1. The Balaban J connectivity index is 2.86. The summed E-state index contributed by atoms with van der Waals surface area (Å²) in [6.45, 7) is 0.395. The molecule has 0 aliphatic rings. The first-order valence-electron chi connectivity index (χ1n) is 4.83. The minimum absolute atomic E-state index is 0.0177. The number of carbonyl (C=O) groups is 1. The van der Waals surface area contributed by atoms with E-state index in [9.17, 15) is 4.79 Å². The first-order valence-corrected chi connectivity index (χ1v) is 5.97. The molecule has 6 nitrogen and oxygen atoms in total. The van der Waals surface area contributed by atoms with Crippen molar-refractivity contribution < 1.29 is 4.79 Å². The molecule has 0 bridgehead atoms. The zero-order valence-electron chi connectivity index (χ0n) is 9.17. The normalized spacial score (nSPS) is 11.1. The molecular weight excluding hydrogens is 300 g/mol. The van der Waals surface area contributed by atoms with Gasteiger partial charge in [0.25, 0.3) is 5.91 Å². The second-order valence-electron chi connectivity index (χ2n) is 3.44. The minimum Gasteiger partial charge on any atom is -0.364 e. The van der Waals surface area contributed by atoms with Gasteiger partial charge in [0, 0.05) is 6.54 Å². The molecule has 0 aliphatic carbocycles.